The second-order valence-corrected chi connectivity index (χ2v) is 6.87. The lowest BCUT2D eigenvalue weighted by Crippen LogP contribution is -2.24. The Morgan fingerprint density at radius 1 is 1.28 bits per heavy atom. The van der Waals surface area contributed by atoms with Gasteiger partial charge in [-0.3, -0.25) is 9.59 Å². The molecular formula is C19H13ClN2O2S. The van der Waals surface area contributed by atoms with Gasteiger partial charge in [0.15, 0.2) is 5.78 Å². The van der Waals surface area contributed by atoms with Crippen LogP contribution in [0, 0.1) is 11.3 Å². The maximum absolute atomic E-state index is 12.4. The lowest BCUT2D eigenvalue weighted by atomic mass is 10.1. The number of amides is 1. The average molecular weight is 369 g/mol. The number of nitriles is 1. The first kappa shape index (κ1) is 17.3. The molecule has 1 amide bonds. The van der Waals surface area contributed by atoms with Gasteiger partial charge in [0.05, 0.1) is 29.0 Å². The minimum atomic E-state index is -0.190. The Kier molecular flexibility index (Phi) is 5.22. The van der Waals surface area contributed by atoms with Crippen LogP contribution in [-0.4, -0.2) is 22.3 Å². The van der Waals surface area contributed by atoms with Crippen molar-refractivity contribution < 1.29 is 9.59 Å². The Morgan fingerprint density at radius 2 is 2.04 bits per heavy atom. The smallest absolute Gasteiger partial charge is 0.238 e. The monoisotopic (exact) mass is 368 g/mol. The van der Waals surface area contributed by atoms with E-state index in [-0.39, 0.29) is 11.7 Å². The third kappa shape index (κ3) is 4.11. The number of thioether (sulfide) groups is 1. The summed E-state index contributed by atoms with van der Waals surface area (Å²) in [5.74, 6) is 0.0781. The van der Waals surface area contributed by atoms with Gasteiger partial charge in [-0.15, -0.1) is 0 Å². The highest BCUT2D eigenvalue weighted by atomic mass is 35.5. The summed E-state index contributed by atoms with van der Waals surface area (Å²) >= 11 is 7.27. The van der Waals surface area contributed by atoms with E-state index in [1.807, 2.05) is 12.1 Å². The molecule has 1 aliphatic heterocycles. The van der Waals surface area contributed by atoms with E-state index in [0.717, 1.165) is 5.56 Å². The second kappa shape index (κ2) is 7.56. The zero-order valence-electron chi connectivity index (χ0n) is 13.1. The van der Waals surface area contributed by atoms with E-state index in [9.17, 15) is 9.59 Å². The molecule has 0 saturated carbocycles. The normalized spacial score (nSPS) is 15.4. The molecule has 1 saturated heterocycles. The molecule has 0 radical (unpaired) electrons. The molecule has 0 aliphatic carbocycles. The Bertz CT molecular complexity index is 900. The van der Waals surface area contributed by atoms with E-state index < -0.39 is 0 Å². The van der Waals surface area contributed by atoms with Crippen LogP contribution in [0.25, 0.3) is 0 Å². The molecular weight excluding hydrogens is 356 g/mol. The van der Waals surface area contributed by atoms with Crippen LogP contribution in [0.5, 0.6) is 0 Å². The number of halogens is 1. The van der Waals surface area contributed by atoms with Crippen LogP contribution in [0.2, 0.25) is 5.02 Å². The molecule has 0 unspecified atom stereocenters. The lowest BCUT2D eigenvalue weighted by Gasteiger charge is -2.17. The molecule has 0 spiro atoms. The summed E-state index contributed by atoms with van der Waals surface area (Å²) in [6.07, 6.45) is 1.48. The fourth-order valence-corrected chi connectivity index (χ4v) is 3.53. The second-order valence-electron chi connectivity index (χ2n) is 5.43. The number of allylic oxidation sites excluding steroid dienone is 1. The van der Waals surface area contributed by atoms with Gasteiger partial charge in [-0.2, -0.15) is 5.26 Å². The fourth-order valence-electron chi connectivity index (χ4n) is 2.40. The van der Waals surface area contributed by atoms with Crippen LogP contribution in [0.15, 0.2) is 59.6 Å². The highest BCUT2D eigenvalue weighted by Gasteiger charge is 2.27. The summed E-state index contributed by atoms with van der Waals surface area (Å²) in [7, 11) is 0. The number of carbonyl (C=O) groups is 2. The van der Waals surface area contributed by atoms with Crippen molar-refractivity contribution in [2.45, 2.75) is 6.54 Å². The van der Waals surface area contributed by atoms with E-state index in [1.165, 1.54) is 17.8 Å². The maximum atomic E-state index is 12.4. The minimum Gasteiger partial charge on any atom is -0.301 e. The van der Waals surface area contributed by atoms with Crippen molar-refractivity contribution >= 4 is 35.1 Å². The first-order chi connectivity index (χ1) is 12.1. The molecule has 0 N–H and O–H groups in total. The van der Waals surface area contributed by atoms with Crippen LogP contribution in [0.4, 0.5) is 0 Å². The average Bonchev–Trinajstić information content (AvgIpc) is 2.95. The SMILES string of the molecule is N#Cc1ccc(CN2C(=O)CSC2=CC(=O)c2cccc(Cl)c2)cc1. The summed E-state index contributed by atoms with van der Waals surface area (Å²) in [6, 6.07) is 15.8. The highest BCUT2D eigenvalue weighted by molar-refractivity contribution is 8.04. The Labute approximate surface area is 154 Å². The molecule has 0 atom stereocenters. The molecule has 0 bridgehead atoms. The number of nitrogens with zero attached hydrogens (tertiary/aromatic N) is 2. The maximum Gasteiger partial charge on any atom is 0.238 e. The third-order valence-electron chi connectivity index (χ3n) is 3.70. The summed E-state index contributed by atoms with van der Waals surface area (Å²) in [5, 5.41) is 9.97. The van der Waals surface area contributed by atoms with Crippen molar-refractivity contribution in [2.24, 2.45) is 0 Å². The highest BCUT2D eigenvalue weighted by Crippen LogP contribution is 2.31. The molecule has 1 fully saturated rings. The van der Waals surface area contributed by atoms with Gasteiger partial charge in [0.25, 0.3) is 0 Å². The van der Waals surface area contributed by atoms with Crippen molar-refractivity contribution in [2.75, 3.05) is 5.75 Å². The van der Waals surface area contributed by atoms with E-state index >= 15 is 0 Å². The minimum absolute atomic E-state index is 0.0421. The molecule has 4 nitrogen and oxygen atoms in total. The van der Waals surface area contributed by atoms with Crippen molar-refractivity contribution in [3.63, 3.8) is 0 Å². The van der Waals surface area contributed by atoms with E-state index in [0.29, 0.717) is 33.5 Å². The molecule has 0 aromatic heterocycles. The zero-order chi connectivity index (χ0) is 17.8. The summed E-state index contributed by atoms with van der Waals surface area (Å²) < 4.78 is 0. The predicted molar refractivity (Wildman–Crippen MR) is 98.0 cm³/mol. The van der Waals surface area contributed by atoms with Gasteiger partial charge in [0, 0.05) is 16.7 Å². The van der Waals surface area contributed by atoms with Crippen molar-refractivity contribution in [3.8, 4) is 6.07 Å². The van der Waals surface area contributed by atoms with Gasteiger partial charge < -0.3 is 4.90 Å². The topological polar surface area (TPSA) is 61.2 Å². The zero-order valence-corrected chi connectivity index (χ0v) is 14.7. The van der Waals surface area contributed by atoms with Crippen molar-refractivity contribution in [1.82, 2.24) is 4.90 Å². The van der Waals surface area contributed by atoms with Crippen LogP contribution in [0.3, 0.4) is 0 Å². The number of benzene rings is 2. The summed E-state index contributed by atoms with van der Waals surface area (Å²) in [5.41, 5.74) is 1.95. The quantitative estimate of drug-likeness (QED) is 0.604. The molecule has 2 aromatic carbocycles. The van der Waals surface area contributed by atoms with E-state index in [2.05, 4.69) is 6.07 Å². The van der Waals surface area contributed by atoms with Crippen LogP contribution in [-0.2, 0) is 11.3 Å². The van der Waals surface area contributed by atoms with Crippen molar-refractivity contribution in [1.29, 1.82) is 5.26 Å². The van der Waals surface area contributed by atoms with Gasteiger partial charge in [-0.25, -0.2) is 0 Å². The predicted octanol–water partition coefficient (Wildman–Crippen LogP) is 4.01. The summed E-state index contributed by atoms with van der Waals surface area (Å²) in [4.78, 5) is 26.2. The molecule has 1 aliphatic rings. The Hall–Kier alpha value is -2.55. The van der Waals surface area contributed by atoms with Gasteiger partial charge in [-0.05, 0) is 29.8 Å². The summed E-state index contributed by atoms with van der Waals surface area (Å²) in [6.45, 7) is 0.367. The fraction of sp³-hybridized carbons (Fsp3) is 0.105. The molecule has 2 aromatic rings. The third-order valence-corrected chi connectivity index (χ3v) is 4.96. The van der Waals surface area contributed by atoms with E-state index in [4.69, 9.17) is 16.9 Å². The Morgan fingerprint density at radius 3 is 2.72 bits per heavy atom. The van der Waals surface area contributed by atoms with Crippen LogP contribution < -0.4 is 0 Å². The number of hydrogen-bond donors (Lipinski definition) is 0. The molecule has 1 heterocycles. The molecule has 6 heteroatoms. The largest absolute Gasteiger partial charge is 0.301 e. The number of ketones is 1. The number of hydrogen-bond acceptors (Lipinski definition) is 4. The van der Waals surface area contributed by atoms with Gasteiger partial charge in [0.2, 0.25) is 5.91 Å². The van der Waals surface area contributed by atoms with Gasteiger partial charge in [-0.1, -0.05) is 47.6 Å². The molecule has 3 rings (SSSR count). The van der Waals surface area contributed by atoms with Crippen LogP contribution in [0.1, 0.15) is 21.5 Å². The molecule has 124 valence electrons. The standard InChI is InChI=1S/C19H13ClN2O2S/c20-16-3-1-2-15(8-16)17(23)9-19-22(18(24)12-25-19)11-14-6-4-13(10-21)5-7-14/h1-9H,11-12H2. The number of carbonyl (C=O) groups excluding carboxylic acids is 2. The van der Waals surface area contributed by atoms with Crippen LogP contribution >= 0.6 is 23.4 Å². The lowest BCUT2D eigenvalue weighted by molar-refractivity contribution is -0.125. The molecule has 25 heavy (non-hydrogen) atoms. The Balaban J connectivity index is 1.81. The van der Waals surface area contributed by atoms with Crippen molar-refractivity contribution in [3.05, 3.63) is 81.3 Å². The van der Waals surface area contributed by atoms with E-state index in [1.54, 1.807) is 41.3 Å². The van der Waals surface area contributed by atoms with Gasteiger partial charge in [0.1, 0.15) is 0 Å². The van der Waals surface area contributed by atoms with Gasteiger partial charge >= 0.3 is 0 Å². The first-order valence-corrected chi connectivity index (χ1v) is 8.87. The number of rotatable bonds is 4. The first-order valence-electron chi connectivity index (χ1n) is 7.50.